The van der Waals surface area contributed by atoms with Crippen molar-refractivity contribution in [3.8, 4) is 5.75 Å². The third kappa shape index (κ3) is 4.81. The third-order valence-corrected chi connectivity index (χ3v) is 3.06. The van der Waals surface area contributed by atoms with Gasteiger partial charge in [0.1, 0.15) is 5.75 Å². The van der Waals surface area contributed by atoms with Crippen molar-refractivity contribution in [2.45, 2.75) is 6.42 Å². The van der Waals surface area contributed by atoms with Gasteiger partial charge in [0.15, 0.2) is 0 Å². The van der Waals surface area contributed by atoms with Gasteiger partial charge in [0.05, 0.1) is 35.0 Å². The van der Waals surface area contributed by atoms with Crippen LogP contribution in [0.1, 0.15) is 6.42 Å². The maximum atomic E-state index is 11.8. The number of ether oxygens (including phenoxy) is 1. The first-order valence-electron chi connectivity index (χ1n) is 6.13. The maximum Gasteiger partial charge on any atom is 0.227 e. The average molecular weight is 326 g/mol. The molecule has 0 aliphatic rings. The number of rotatable bonds is 5. The number of nitrogens with two attached hydrogens (primary N) is 1. The van der Waals surface area contributed by atoms with Gasteiger partial charge in [-0.3, -0.25) is 9.78 Å². The number of carbonyl (C=O) groups excluding carboxylic acids is 1. The molecule has 0 aliphatic heterocycles. The molecule has 1 aromatic heterocycles. The highest BCUT2D eigenvalue weighted by atomic mass is 35.5. The van der Waals surface area contributed by atoms with E-state index in [0.29, 0.717) is 27.2 Å². The van der Waals surface area contributed by atoms with Crippen LogP contribution in [0.3, 0.4) is 0 Å². The van der Waals surface area contributed by atoms with Crippen LogP contribution in [0.5, 0.6) is 5.75 Å². The molecule has 110 valence electrons. The fourth-order valence-electron chi connectivity index (χ4n) is 1.58. The minimum atomic E-state index is -0.211. The second kappa shape index (κ2) is 7.15. The molecular weight excluding hydrogens is 313 g/mol. The zero-order chi connectivity index (χ0) is 15.2. The van der Waals surface area contributed by atoms with Gasteiger partial charge in [-0.15, -0.1) is 0 Å². The van der Waals surface area contributed by atoms with Gasteiger partial charge in [-0.25, -0.2) is 0 Å². The maximum absolute atomic E-state index is 11.8. The molecule has 0 bridgehead atoms. The number of hydrogen-bond acceptors (Lipinski definition) is 4. The third-order valence-electron chi connectivity index (χ3n) is 2.54. The average Bonchev–Trinajstić information content (AvgIpc) is 2.42. The summed E-state index contributed by atoms with van der Waals surface area (Å²) >= 11 is 11.7. The number of pyridine rings is 1. The van der Waals surface area contributed by atoms with Gasteiger partial charge < -0.3 is 15.8 Å². The molecular formula is C14H13Cl2N3O2. The first kappa shape index (κ1) is 15.4. The number of anilines is 2. The highest BCUT2D eigenvalue weighted by molar-refractivity contribution is 6.34. The summed E-state index contributed by atoms with van der Waals surface area (Å²) in [6, 6.07) is 6.52. The van der Waals surface area contributed by atoms with Crippen LogP contribution in [0.2, 0.25) is 10.0 Å². The van der Waals surface area contributed by atoms with Gasteiger partial charge in [-0.1, -0.05) is 23.2 Å². The monoisotopic (exact) mass is 325 g/mol. The highest BCUT2D eigenvalue weighted by Gasteiger charge is 2.06. The molecule has 0 saturated carbocycles. The van der Waals surface area contributed by atoms with Crippen molar-refractivity contribution in [1.82, 2.24) is 4.98 Å². The number of aromatic nitrogens is 1. The summed E-state index contributed by atoms with van der Waals surface area (Å²) in [5, 5.41) is 3.56. The van der Waals surface area contributed by atoms with E-state index in [-0.39, 0.29) is 18.9 Å². The number of hydrogen-bond donors (Lipinski definition) is 2. The van der Waals surface area contributed by atoms with E-state index in [1.807, 2.05) is 0 Å². The molecule has 0 radical (unpaired) electrons. The smallest absolute Gasteiger partial charge is 0.227 e. The molecule has 0 aliphatic carbocycles. The van der Waals surface area contributed by atoms with Crippen LogP contribution in [-0.4, -0.2) is 17.5 Å². The van der Waals surface area contributed by atoms with Crippen molar-refractivity contribution < 1.29 is 9.53 Å². The quantitative estimate of drug-likeness (QED) is 0.826. The lowest BCUT2D eigenvalue weighted by Gasteiger charge is -2.09. The topological polar surface area (TPSA) is 77.2 Å². The lowest BCUT2D eigenvalue weighted by atomic mass is 10.2. The van der Waals surface area contributed by atoms with Crippen molar-refractivity contribution in [2.24, 2.45) is 0 Å². The molecule has 1 amide bonds. The summed E-state index contributed by atoms with van der Waals surface area (Å²) in [5.74, 6) is 0.303. The number of halogens is 2. The molecule has 1 heterocycles. The molecule has 21 heavy (non-hydrogen) atoms. The lowest BCUT2D eigenvalue weighted by Crippen LogP contribution is -2.15. The minimum Gasteiger partial charge on any atom is -0.491 e. The van der Waals surface area contributed by atoms with E-state index in [1.165, 1.54) is 12.4 Å². The van der Waals surface area contributed by atoms with Crippen molar-refractivity contribution >= 4 is 40.5 Å². The Morgan fingerprint density at radius 2 is 2.10 bits per heavy atom. The van der Waals surface area contributed by atoms with Gasteiger partial charge in [0, 0.05) is 18.0 Å². The number of carbonyl (C=O) groups is 1. The second-order valence-corrected chi connectivity index (χ2v) is 5.07. The molecule has 2 rings (SSSR count). The summed E-state index contributed by atoms with van der Waals surface area (Å²) < 4.78 is 5.38. The SMILES string of the molecule is Nc1ccc(NC(=O)CCOc2cncc(Cl)c2)c(Cl)c1. The number of amides is 1. The van der Waals surface area contributed by atoms with E-state index in [9.17, 15) is 4.79 Å². The molecule has 2 aromatic rings. The first-order valence-corrected chi connectivity index (χ1v) is 6.88. The van der Waals surface area contributed by atoms with Crippen LogP contribution in [0.4, 0.5) is 11.4 Å². The lowest BCUT2D eigenvalue weighted by molar-refractivity contribution is -0.116. The zero-order valence-electron chi connectivity index (χ0n) is 11.0. The number of nitrogens with one attached hydrogen (secondary N) is 1. The van der Waals surface area contributed by atoms with Gasteiger partial charge >= 0.3 is 0 Å². The van der Waals surface area contributed by atoms with E-state index in [0.717, 1.165) is 0 Å². The second-order valence-electron chi connectivity index (χ2n) is 4.22. The Labute approximate surface area is 132 Å². The van der Waals surface area contributed by atoms with E-state index >= 15 is 0 Å². The fourth-order valence-corrected chi connectivity index (χ4v) is 1.98. The number of nitrogens with zero attached hydrogens (tertiary/aromatic N) is 1. The van der Waals surface area contributed by atoms with Crippen molar-refractivity contribution in [1.29, 1.82) is 0 Å². The predicted octanol–water partition coefficient (Wildman–Crippen LogP) is 3.38. The van der Waals surface area contributed by atoms with Crippen LogP contribution >= 0.6 is 23.2 Å². The van der Waals surface area contributed by atoms with Crippen LogP contribution in [-0.2, 0) is 4.79 Å². The van der Waals surface area contributed by atoms with Gasteiger partial charge in [-0.05, 0) is 18.2 Å². The summed E-state index contributed by atoms with van der Waals surface area (Å²) in [7, 11) is 0. The molecule has 1 aromatic carbocycles. The molecule has 0 saturated heterocycles. The molecule has 0 fully saturated rings. The van der Waals surface area contributed by atoms with Crippen molar-refractivity contribution in [3.05, 3.63) is 46.7 Å². The van der Waals surface area contributed by atoms with E-state index in [1.54, 1.807) is 24.3 Å². The van der Waals surface area contributed by atoms with Gasteiger partial charge in [-0.2, -0.15) is 0 Å². The Morgan fingerprint density at radius 1 is 1.29 bits per heavy atom. The van der Waals surface area contributed by atoms with E-state index in [4.69, 9.17) is 33.7 Å². The van der Waals surface area contributed by atoms with E-state index in [2.05, 4.69) is 10.3 Å². The Kier molecular flexibility index (Phi) is 5.25. The Hall–Kier alpha value is -1.98. The summed E-state index contributed by atoms with van der Waals surface area (Å²) in [5.41, 5.74) is 6.63. The zero-order valence-corrected chi connectivity index (χ0v) is 12.5. The summed E-state index contributed by atoms with van der Waals surface area (Å²) in [6.07, 6.45) is 3.21. The summed E-state index contributed by atoms with van der Waals surface area (Å²) in [4.78, 5) is 15.7. The molecule has 3 N–H and O–H groups in total. The first-order chi connectivity index (χ1) is 10.0. The molecule has 7 heteroatoms. The molecule has 0 atom stereocenters. The Morgan fingerprint density at radius 3 is 2.81 bits per heavy atom. The number of benzene rings is 1. The number of nitrogen functional groups attached to an aromatic ring is 1. The van der Waals surface area contributed by atoms with Crippen LogP contribution < -0.4 is 15.8 Å². The van der Waals surface area contributed by atoms with Crippen LogP contribution in [0.15, 0.2) is 36.7 Å². The molecule has 0 spiro atoms. The molecule has 0 unspecified atom stereocenters. The van der Waals surface area contributed by atoms with Crippen molar-refractivity contribution in [3.63, 3.8) is 0 Å². The Bertz CT molecular complexity index is 650. The van der Waals surface area contributed by atoms with Gasteiger partial charge in [0.25, 0.3) is 0 Å². The minimum absolute atomic E-state index is 0.174. The van der Waals surface area contributed by atoms with Crippen molar-refractivity contribution in [2.75, 3.05) is 17.7 Å². The predicted molar refractivity (Wildman–Crippen MR) is 83.9 cm³/mol. The van der Waals surface area contributed by atoms with Gasteiger partial charge in [0.2, 0.25) is 5.91 Å². The summed E-state index contributed by atoms with van der Waals surface area (Å²) in [6.45, 7) is 0.209. The largest absolute Gasteiger partial charge is 0.491 e. The normalized spacial score (nSPS) is 10.2. The molecule has 5 nitrogen and oxygen atoms in total. The van der Waals surface area contributed by atoms with Crippen LogP contribution in [0, 0.1) is 0 Å². The van der Waals surface area contributed by atoms with E-state index < -0.39 is 0 Å². The van der Waals surface area contributed by atoms with Crippen LogP contribution in [0.25, 0.3) is 0 Å². The fraction of sp³-hybridized carbons (Fsp3) is 0.143. The highest BCUT2D eigenvalue weighted by Crippen LogP contribution is 2.24. The Balaban J connectivity index is 1.82. The standard InChI is InChI=1S/C14H13Cl2N3O2/c15-9-5-11(8-18-7-9)21-4-3-14(20)19-13-2-1-10(17)6-12(13)16/h1-2,5-8H,3-4,17H2,(H,19,20).